The highest BCUT2D eigenvalue weighted by atomic mass is 16.5. The number of hydrogen-bond acceptors (Lipinski definition) is 5. The average molecular weight is 373 g/mol. The summed E-state index contributed by atoms with van der Waals surface area (Å²) in [5.41, 5.74) is 1.11. The first-order valence-corrected chi connectivity index (χ1v) is 10.4. The van der Waals surface area contributed by atoms with Gasteiger partial charge in [0.05, 0.1) is 5.92 Å². The number of nitrogens with zero attached hydrogens (tertiary/aromatic N) is 3. The molecule has 3 aliphatic rings. The van der Waals surface area contributed by atoms with Crippen molar-refractivity contribution in [2.45, 2.75) is 31.7 Å². The van der Waals surface area contributed by atoms with Gasteiger partial charge in [0.25, 0.3) is 0 Å². The summed E-state index contributed by atoms with van der Waals surface area (Å²) in [6, 6.07) is 7.93. The fraction of sp³-hybridized carbons (Fsp3) is 0.667. The molecule has 1 aromatic rings. The fourth-order valence-electron chi connectivity index (χ4n) is 4.70. The smallest absolute Gasteiger partial charge is 0.227 e. The number of piperazine rings is 1. The highest BCUT2D eigenvalue weighted by Gasteiger charge is 2.33. The predicted molar refractivity (Wildman–Crippen MR) is 105 cm³/mol. The highest BCUT2D eigenvalue weighted by molar-refractivity contribution is 5.79. The Morgan fingerprint density at radius 3 is 2.37 bits per heavy atom. The van der Waals surface area contributed by atoms with E-state index >= 15 is 0 Å². The van der Waals surface area contributed by atoms with Gasteiger partial charge in [0, 0.05) is 57.7 Å². The molecular formula is C21H31N3O3. The van der Waals surface area contributed by atoms with E-state index in [1.165, 1.54) is 0 Å². The summed E-state index contributed by atoms with van der Waals surface area (Å²) in [6.07, 6.45) is 4.36. The quantitative estimate of drug-likeness (QED) is 0.877. The number of piperidine rings is 1. The van der Waals surface area contributed by atoms with Gasteiger partial charge in [-0.05, 0) is 56.5 Å². The molecule has 6 nitrogen and oxygen atoms in total. The minimum atomic E-state index is 0.154. The minimum absolute atomic E-state index is 0.154. The van der Waals surface area contributed by atoms with Crippen molar-refractivity contribution in [3.05, 3.63) is 24.3 Å². The number of hydrogen-bond donors (Lipinski definition) is 1. The lowest BCUT2D eigenvalue weighted by Gasteiger charge is -2.42. The molecule has 3 saturated heterocycles. The van der Waals surface area contributed by atoms with Crippen LogP contribution in [0.1, 0.15) is 25.7 Å². The van der Waals surface area contributed by atoms with Gasteiger partial charge in [-0.25, -0.2) is 0 Å². The lowest BCUT2D eigenvalue weighted by molar-refractivity contribution is -0.138. The Labute approximate surface area is 161 Å². The van der Waals surface area contributed by atoms with Gasteiger partial charge < -0.3 is 19.6 Å². The minimum Gasteiger partial charge on any atom is -0.508 e. The largest absolute Gasteiger partial charge is 0.508 e. The van der Waals surface area contributed by atoms with Gasteiger partial charge in [0.15, 0.2) is 0 Å². The van der Waals surface area contributed by atoms with Gasteiger partial charge in [0.1, 0.15) is 5.75 Å². The zero-order valence-electron chi connectivity index (χ0n) is 16.1. The second kappa shape index (κ2) is 8.48. The van der Waals surface area contributed by atoms with Crippen LogP contribution in [0.15, 0.2) is 24.3 Å². The number of carbonyl (C=O) groups is 1. The van der Waals surface area contributed by atoms with Gasteiger partial charge in [-0.2, -0.15) is 0 Å². The van der Waals surface area contributed by atoms with Crippen molar-refractivity contribution in [2.75, 3.05) is 57.4 Å². The number of phenols is 1. The zero-order valence-corrected chi connectivity index (χ0v) is 16.1. The van der Waals surface area contributed by atoms with Crippen LogP contribution in [0.25, 0.3) is 0 Å². The van der Waals surface area contributed by atoms with Crippen LogP contribution in [0.5, 0.6) is 5.75 Å². The van der Waals surface area contributed by atoms with E-state index in [2.05, 4.69) is 14.7 Å². The van der Waals surface area contributed by atoms with Crippen molar-refractivity contribution in [3.8, 4) is 5.75 Å². The molecule has 6 heteroatoms. The van der Waals surface area contributed by atoms with E-state index in [-0.39, 0.29) is 5.92 Å². The molecule has 148 valence electrons. The van der Waals surface area contributed by atoms with E-state index in [9.17, 15) is 9.90 Å². The van der Waals surface area contributed by atoms with Gasteiger partial charge in [-0.3, -0.25) is 9.69 Å². The Bertz CT molecular complexity index is 622. The summed E-state index contributed by atoms with van der Waals surface area (Å²) in [5, 5.41) is 9.45. The van der Waals surface area contributed by atoms with Gasteiger partial charge in [-0.15, -0.1) is 0 Å². The van der Waals surface area contributed by atoms with Crippen LogP contribution in [-0.2, 0) is 9.53 Å². The Hall–Kier alpha value is -1.79. The molecule has 0 aromatic heterocycles. The van der Waals surface area contributed by atoms with Gasteiger partial charge in [0.2, 0.25) is 5.91 Å². The van der Waals surface area contributed by atoms with Crippen molar-refractivity contribution in [3.63, 3.8) is 0 Å². The number of benzene rings is 1. The second-order valence-corrected chi connectivity index (χ2v) is 8.01. The highest BCUT2D eigenvalue weighted by Crippen LogP contribution is 2.26. The molecule has 0 saturated carbocycles. The lowest BCUT2D eigenvalue weighted by Crippen LogP contribution is -2.54. The molecule has 3 heterocycles. The fourth-order valence-corrected chi connectivity index (χ4v) is 4.70. The molecule has 3 fully saturated rings. The van der Waals surface area contributed by atoms with Gasteiger partial charge >= 0.3 is 0 Å². The number of aromatic hydroxyl groups is 1. The van der Waals surface area contributed by atoms with Gasteiger partial charge in [-0.1, -0.05) is 0 Å². The summed E-state index contributed by atoms with van der Waals surface area (Å²) in [4.78, 5) is 20.0. The number of phenolic OH excluding ortho intramolecular Hbond substituents is 1. The van der Waals surface area contributed by atoms with Crippen molar-refractivity contribution in [1.82, 2.24) is 9.80 Å². The van der Waals surface area contributed by atoms with Crippen molar-refractivity contribution < 1.29 is 14.6 Å². The molecule has 1 amide bonds. The van der Waals surface area contributed by atoms with E-state index in [1.54, 1.807) is 12.1 Å². The number of anilines is 1. The van der Waals surface area contributed by atoms with Crippen LogP contribution in [0, 0.1) is 5.92 Å². The van der Waals surface area contributed by atoms with Crippen LogP contribution in [0.4, 0.5) is 5.69 Å². The van der Waals surface area contributed by atoms with Crippen LogP contribution in [-0.4, -0.2) is 79.3 Å². The maximum absolute atomic E-state index is 13.1. The third-order valence-corrected chi connectivity index (χ3v) is 6.32. The second-order valence-electron chi connectivity index (χ2n) is 8.01. The molecule has 0 bridgehead atoms. The molecule has 4 rings (SSSR count). The summed E-state index contributed by atoms with van der Waals surface area (Å²) in [5.74, 6) is 0.790. The number of carbonyl (C=O) groups excluding carboxylic acids is 1. The molecule has 0 spiro atoms. The Morgan fingerprint density at radius 2 is 1.67 bits per heavy atom. The molecule has 1 N–H and O–H groups in total. The molecule has 0 radical (unpaired) electrons. The Balaban J connectivity index is 1.30. The first kappa shape index (κ1) is 18.6. The topological polar surface area (TPSA) is 56.2 Å². The van der Waals surface area contributed by atoms with E-state index < -0.39 is 0 Å². The van der Waals surface area contributed by atoms with E-state index in [0.29, 0.717) is 17.7 Å². The zero-order chi connectivity index (χ0) is 18.6. The lowest BCUT2D eigenvalue weighted by atomic mass is 9.93. The molecular weight excluding hydrogens is 342 g/mol. The summed E-state index contributed by atoms with van der Waals surface area (Å²) < 4.78 is 5.49. The standard InChI is InChI=1S/C21H31N3O3/c25-20-5-3-18(4-6-20)22-10-12-23(13-11-22)21(26)17-2-1-9-24(16-17)19-7-14-27-15-8-19/h3-6,17,19,25H,1-2,7-16H2/t17-/m1/s1. The summed E-state index contributed by atoms with van der Waals surface area (Å²) in [7, 11) is 0. The van der Waals surface area contributed by atoms with Crippen molar-refractivity contribution >= 4 is 11.6 Å². The van der Waals surface area contributed by atoms with Crippen molar-refractivity contribution in [2.24, 2.45) is 5.92 Å². The molecule has 27 heavy (non-hydrogen) atoms. The average Bonchev–Trinajstić information content (AvgIpc) is 2.75. The SMILES string of the molecule is O=C([C@@H]1CCCN(C2CCOCC2)C1)N1CCN(c2ccc(O)cc2)CC1. The molecule has 1 aromatic carbocycles. The third kappa shape index (κ3) is 4.38. The first-order valence-electron chi connectivity index (χ1n) is 10.4. The maximum Gasteiger partial charge on any atom is 0.227 e. The molecule has 3 aliphatic heterocycles. The van der Waals surface area contributed by atoms with E-state index in [0.717, 1.165) is 83.9 Å². The Morgan fingerprint density at radius 1 is 0.963 bits per heavy atom. The monoisotopic (exact) mass is 373 g/mol. The van der Waals surface area contributed by atoms with E-state index in [4.69, 9.17) is 4.74 Å². The third-order valence-electron chi connectivity index (χ3n) is 6.32. The van der Waals surface area contributed by atoms with Crippen LogP contribution in [0.3, 0.4) is 0 Å². The molecule has 1 atom stereocenters. The summed E-state index contributed by atoms with van der Waals surface area (Å²) >= 11 is 0. The maximum atomic E-state index is 13.1. The predicted octanol–water partition coefficient (Wildman–Crippen LogP) is 1.93. The van der Waals surface area contributed by atoms with Crippen molar-refractivity contribution in [1.29, 1.82) is 0 Å². The number of likely N-dealkylation sites (tertiary alicyclic amines) is 1. The van der Waals surface area contributed by atoms with Crippen LogP contribution < -0.4 is 4.90 Å². The first-order chi connectivity index (χ1) is 13.2. The molecule has 0 aliphatic carbocycles. The molecule has 0 unspecified atom stereocenters. The van der Waals surface area contributed by atoms with Crippen LogP contribution >= 0.6 is 0 Å². The number of ether oxygens (including phenoxy) is 1. The Kier molecular flexibility index (Phi) is 5.83. The summed E-state index contributed by atoms with van der Waals surface area (Å²) in [6.45, 7) is 7.05. The van der Waals surface area contributed by atoms with E-state index in [1.807, 2.05) is 12.1 Å². The van der Waals surface area contributed by atoms with Crippen LogP contribution in [0.2, 0.25) is 0 Å². The number of amides is 1. The normalized spacial score (nSPS) is 25.6. The number of rotatable bonds is 3.